The van der Waals surface area contributed by atoms with Crippen molar-refractivity contribution in [3.05, 3.63) is 42.4 Å². The van der Waals surface area contributed by atoms with Crippen LogP contribution in [0.25, 0.3) is 11.1 Å². The normalized spacial score (nSPS) is 10.8. The lowest BCUT2D eigenvalue weighted by Crippen LogP contribution is -2.11. The van der Waals surface area contributed by atoms with Gasteiger partial charge in [-0.15, -0.1) is 0 Å². The van der Waals surface area contributed by atoms with Crippen LogP contribution in [0.3, 0.4) is 0 Å². The van der Waals surface area contributed by atoms with Gasteiger partial charge in [0.15, 0.2) is 0 Å². The molecule has 3 rings (SSSR count). The largest absolute Gasteiger partial charge is 0.497 e. The third-order valence-electron chi connectivity index (χ3n) is 3.31. The van der Waals surface area contributed by atoms with E-state index in [0.717, 1.165) is 28.2 Å². The van der Waals surface area contributed by atoms with E-state index in [1.807, 2.05) is 43.1 Å². The van der Waals surface area contributed by atoms with E-state index >= 15 is 0 Å². The molecule has 0 saturated carbocycles. The van der Waals surface area contributed by atoms with Crippen LogP contribution in [0.1, 0.15) is 5.56 Å². The topological polar surface area (TPSA) is 51.4 Å². The number of fused-ring (bicyclic) bond motifs is 1. The lowest BCUT2D eigenvalue weighted by Gasteiger charge is -2.19. The molecule has 2 heterocycles. The fraction of sp³-hybridized carbons (Fsp3) is 0.200. The maximum Gasteiger partial charge on any atom is 0.231 e. The van der Waals surface area contributed by atoms with Crippen LogP contribution in [0.4, 0.5) is 11.5 Å². The maximum atomic E-state index is 5.41. The highest BCUT2D eigenvalue weighted by atomic mass is 16.5. The Kier molecular flexibility index (Phi) is 3.02. The zero-order valence-electron chi connectivity index (χ0n) is 11.6. The van der Waals surface area contributed by atoms with Crippen LogP contribution >= 0.6 is 0 Å². The molecule has 0 spiro atoms. The third kappa shape index (κ3) is 1.97. The first-order valence-corrected chi connectivity index (χ1v) is 6.27. The highest BCUT2D eigenvalue weighted by molar-refractivity contribution is 5.91. The molecule has 0 aliphatic heterocycles. The molecular formula is C15H15N3O2. The van der Waals surface area contributed by atoms with Crippen molar-refractivity contribution in [3.8, 4) is 5.75 Å². The summed E-state index contributed by atoms with van der Waals surface area (Å²) in [5.74, 6) is 1.65. The molecule has 0 aliphatic rings. The number of anilines is 2. The van der Waals surface area contributed by atoms with E-state index in [1.165, 1.54) is 6.33 Å². The van der Waals surface area contributed by atoms with E-state index in [1.54, 1.807) is 13.4 Å². The Labute approximate surface area is 116 Å². The second-order valence-corrected chi connectivity index (χ2v) is 4.55. The predicted molar refractivity (Wildman–Crippen MR) is 77.6 cm³/mol. The standard InChI is InChI=1S/C15H15N3O2/c1-10-8-20-15-13(10)14(16-9-17-15)18(2)11-4-6-12(19-3)7-5-11/h4-9H,1-3H3/i2-1. The van der Waals surface area contributed by atoms with Crippen molar-refractivity contribution < 1.29 is 9.15 Å². The number of rotatable bonds is 3. The number of aryl methyl sites for hydroxylation is 1. The molecule has 5 nitrogen and oxygen atoms in total. The van der Waals surface area contributed by atoms with Gasteiger partial charge >= 0.3 is 0 Å². The quantitative estimate of drug-likeness (QED) is 0.729. The van der Waals surface area contributed by atoms with Gasteiger partial charge in [-0.1, -0.05) is 0 Å². The van der Waals surface area contributed by atoms with Crippen LogP contribution in [0.15, 0.2) is 41.3 Å². The summed E-state index contributed by atoms with van der Waals surface area (Å²) < 4.78 is 10.6. The molecule has 0 radical (unpaired) electrons. The van der Waals surface area contributed by atoms with E-state index in [-0.39, 0.29) is 0 Å². The lowest BCUT2D eigenvalue weighted by molar-refractivity contribution is 0.415. The summed E-state index contributed by atoms with van der Waals surface area (Å²) in [6.45, 7) is 1.99. The van der Waals surface area contributed by atoms with Gasteiger partial charge in [-0.05, 0) is 31.2 Å². The van der Waals surface area contributed by atoms with Crippen molar-refractivity contribution in [1.82, 2.24) is 9.97 Å². The molecule has 0 fully saturated rings. The number of furan rings is 1. The molecule has 0 aliphatic carbocycles. The predicted octanol–water partition coefficient (Wildman–Crippen LogP) is 3.31. The average Bonchev–Trinajstić information content (AvgIpc) is 2.88. The number of hydrogen-bond donors (Lipinski definition) is 0. The summed E-state index contributed by atoms with van der Waals surface area (Å²) in [5.41, 5.74) is 2.65. The Hall–Kier alpha value is -2.56. The third-order valence-corrected chi connectivity index (χ3v) is 3.31. The van der Waals surface area contributed by atoms with Crippen LogP contribution in [0.5, 0.6) is 5.75 Å². The smallest absolute Gasteiger partial charge is 0.231 e. The number of hydrogen-bond acceptors (Lipinski definition) is 5. The molecule has 2 aromatic heterocycles. The van der Waals surface area contributed by atoms with Gasteiger partial charge in [0.1, 0.15) is 17.9 Å². The average molecular weight is 268 g/mol. The molecule has 0 saturated heterocycles. The first-order chi connectivity index (χ1) is 9.70. The van der Waals surface area contributed by atoms with E-state index < -0.39 is 0 Å². The molecule has 20 heavy (non-hydrogen) atoms. The van der Waals surface area contributed by atoms with Gasteiger partial charge < -0.3 is 14.1 Å². The number of aromatic nitrogens is 2. The summed E-state index contributed by atoms with van der Waals surface area (Å²) >= 11 is 0. The molecule has 0 unspecified atom stereocenters. The van der Waals surface area contributed by atoms with Crippen molar-refractivity contribution in [2.75, 3.05) is 19.1 Å². The van der Waals surface area contributed by atoms with Crippen molar-refractivity contribution in [2.45, 2.75) is 6.92 Å². The number of ether oxygens (including phenoxy) is 1. The number of benzene rings is 1. The van der Waals surface area contributed by atoms with Crippen molar-refractivity contribution in [3.63, 3.8) is 0 Å². The molecule has 3 aromatic rings. The lowest BCUT2D eigenvalue weighted by atomic mass is 10.2. The van der Waals surface area contributed by atoms with Crippen LogP contribution in [0, 0.1) is 6.92 Å². The van der Waals surface area contributed by atoms with Crippen LogP contribution in [0.2, 0.25) is 0 Å². The Balaban J connectivity index is 2.07. The maximum absolute atomic E-state index is 5.41. The van der Waals surface area contributed by atoms with E-state index in [4.69, 9.17) is 9.15 Å². The van der Waals surface area contributed by atoms with E-state index in [0.29, 0.717) is 5.71 Å². The van der Waals surface area contributed by atoms with Gasteiger partial charge in [-0.25, -0.2) is 9.97 Å². The zero-order chi connectivity index (χ0) is 14.1. The highest BCUT2D eigenvalue weighted by Gasteiger charge is 2.14. The number of nitrogens with zero attached hydrogens (tertiary/aromatic N) is 3. The van der Waals surface area contributed by atoms with E-state index in [2.05, 4.69) is 9.97 Å². The molecule has 0 N–H and O–H groups in total. The summed E-state index contributed by atoms with van der Waals surface area (Å²) in [6.07, 6.45) is 3.21. The summed E-state index contributed by atoms with van der Waals surface area (Å²) in [5, 5.41) is 0.936. The fourth-order valence-corrected chi connectivity index (χ4v) is 2.18. The number of methoxy groups -OCH3 is 1. The van der Waals surface area contributed by atoms with Crippen molar-refractivity contribution in [2.24, 2.45) is 0 Å². The summed E-state index contributed by atoms with van der Waals surface area (Å²) in [4.78, 5) is 10.5. The van der Waals surface area contributed by atoms with Gasteiger partial charge in [0.2, 0.25) is 5.71 Å². The Morgan fingerprint density at radius 3 is 2.60 bits per heavy atom. The Bertz CT molecular complexity index is 734. The monoisotopic (exact) mass is 268 g/mol. The summed E-state index contributed by atoms with van der Waals surface area (Å²) in [7, 11) is 3.62. The fourth-order valence-electron chi connectivity index (χ4n) is 2.18. The van der Waals surface area contributed by atoms with Crippen LogP contribution in [-0.2, 0) is 0 Å². The molecule has 0 amide bonds. The molecule has 102 valence electrons. The summed E-state index contributed by atoms with van der Waals surface area (Å²) in [6, 6.07) is 7.82. The van der Waals surface area contributed by atoms with Crippen LogP contribution in [-0.4, -0.2) is 24.1 Å². The molecular weight excluding hydrogens is 253 g/mol. The van der Waals surface area contributed by atoms with Crippen molar-refractivity contribution >= 4 is 22.6 Å². The molecule has 5 heteroatoms. The second kappa shape index (κ2) is 4.85. The van der Waals surface area contributed by atoms with Crippen LogP contribution < -0.4 is 9.64 Å². The minimum Gasteiger partial charge on any atom is -0.497 e. The van der Waals surface area contributed by atoms with Gasteiger partial charge in [0.05, 0.1) is 18.8 Å². The van der Waals surface area contributed by atoms with Gasteiger partial charge in [-0.2, -0.15) is 0 Å². The second-order valence-electron chi connectivity index (χ2n) is 4.55. The van der Waals surface area contributed by atoms with Gasteiger partial charge in [-0.3, -0.25) is 0 Å². The van der Waals surface area contributed by atoms with Gasteiger partial charge in [0.25, 0.3) is 0 Å². The first-order valence-electron chi connectivity index (χ1n) is 6.27. The molecule has 0 atom stereocenters. The molecule has 1 aromatic carbocycles. The van der Waals surface area contributed by atoms with Gasteiger partial charge in [0, 0.05) is 18.3 Å². The molecule has 0 bridgehead atoms. The van der Waals surface area contributed by atoms with E-state index in [9.17, 15) is 0 Å². The minimum absolute atomic E-state index is 0.605. The zero-order valence-corrected chi connectivity index (χ0v) is 11.6. The van der Waals surface area contributed by atoms with Crippen molar-refractivity contribution in [1.29, 1.82) is 0 Å². The Morgan fingerprint density at radius 1 is 1.15 bits per heavy atom. The SMILES string of the molecule is COc1ccc(N([11CH3])c2ncnc3occ(C)c23)cc1. The first kappa shape index (κ1) is 12.5. The Morgan fingerprint density at radius 2 is 1.90 bits per heavy atom. The highest BCUT2D eigenvalue weighted by Crippen LogP contribution is 2.31. The minimum atomic E-state index is 0.605.